The molecule has 6 heteroatoms. The monoisotopic (exact) mass is 223 g/mol. The van der Waals surface area contributed by atoms with Crippen LogP contribution in [-0.4, -0.2) is 32.9 Å². The van der Waals surface area contributed by atoms with Crippen molar-refractivity contribution in [3.05, 3.63) is 5.82 Å². The van der Waals surface area contributed by atoms with Gasteiger partial charge >= 0.3 is 0 Å². The molecule has 0 unspecified atom stereocenters. The minimum Gasteiger partial charge on any atom is -0.330 e. The molecular weight excluding hydrogens is 210 g/mol. The van der Waals surface area contributed by atoms with E-state index < -0.39 is 0 Å². The number of aromatic nitrogens is 3. The summed E-state index contributed by atoms with van der Waals surface area (Å²) in [5, 5.41) is 13.9. The van der Waals surface area contributed by atoms with Crippen molar-refractivity contribution < 1.29 is 0 Å². The van der Waals surface area contributed by atoms with Crippen LogP contribution in [0.5, 0.6) is 0 Å². The van der Waals surface area contributed by atoms with E-state index in [1.807, 2.05) is 4.68 Å². The van der Waals surface area contributed by atoms with Gasteiger partial charge in [-0.3, -0.25) is 0 Å². The second-order valence-electron chi connectivity index (χ2n) is 3.92. The predicted molar refractivity (Wildman–Crippen MR) is 59.2 cm³/mol. The third-order valence-corrected chi connectivity index (χ3v) is 3.61. The van der Waals surface area contributed by atoms with Crippen molar-refractivity contribution >= 4 is 17.5 Å². The van der Waals surface area contributed by atoms with E-state index in [0.29, 0.717) is 12.5 Å². The van der Waals surface area contributed by atoms with Crippen molar-refractivity contribution in [2.45, 2.75) is 30.3 Å². The van der Waals surface area contributed by atoms with Crippen molar-refractivity contribution in [2.24, 2.45) is 10.8 Å². The van der Waals surface area contributed by atoms with E-state index in [0.717, 1.165) is 28.9 Å². The number of thioether (sulfide) groups is 1. The quantitative estimate of drug-likeness (QED) is 0.823. The third-order valence-electron chi connectivity index (χ3n) is 2.62. The number of fused-ring (bicyclic) bond motifs is 1. The standard InChI is InChI=1S/C9H13N5S/c10-4-3-7-5-15-9-12-11-8(6-1-2-6)14(9)13-7/h6H,1-5,10H2. The van der Waals surface area contributed by atoms with Gasteiger partial charge < -0.3 is 5.73 Å². The Balaban J connectivity index is 1.94. The zero-order chi connectivity index (χ0) is 10.3. The fourth-order valence-electron chi connectivity index (χ4n) is 1.66. The maximum atomic E-state index is 5.53. The first-order chi connectivity index (χ1) is 7.38. The fraction of sp³-hybridized carbons (Fsp3) is 0.667. The number of nitrogens with two attached hydrogens (primary N) is 1. The second-order valence-corrected chi connectivity index (χ2v) is 4.86. The van der Waals surface area contributed by atoms with Gasteiger partial charge in [-0.25, -0.2) is 0 Å². The normalized spacial score (nSPS) is 19.9. The molecule has 80 valence electrons. The summed E-state index contributed by atoms with van der Waals surface area (Å²) in [5.74, 6) is 2.53. The Morgan fingerprint density at radius 2 is 2.27 bits per heavy atom. The molecule has 1 saturated carbocycles. The largest absolute Gasteiger partial charge is 0.330 e. The first kappa shape index (κ1) is 9.35. The van der Waals surface area contributed by atoms with Crippen molar-refractivity contribution in [3.63, 3.8) is 0 Å². The molecule has 2 heterocycles. The number of nitrogens with zero attached hydrogens (tertiary/aromatic N) is 4. The van der Waals surface area contributed by atoms with Gasteiger partial charge in [0.2, 0.25) is 5.16 Å². The summed E-state index contributed by atoms with van der Waals surface area (Å²) in [7, 11) is 0. The summed E-state index contributed by atoms with van der Waals surface area (Å²) < 4.78 is 1.91. The number of hydrogen-bond donors (Lipinski definition) is 1. The topological polar surface area (TPSA) is 69.1 Å². The minimum absolute atomic E-state index is 0.591. The molecule has 2 N–H and O–H groups in total. The van der Waals surface area contributed by atoms with Gasteiger partial charge in [-0.1, -0.05) is 11.8 Å². The molecule has 1 aromatic heterocycles. The zero-order valence-electron chi connectivity index (χ0n) is 8.39. The van der Waals surface area contributed by atoms with Gasteiger partial charge in [0.1, 0.15) is 0 Å². The van der Waals surface area contributed by atoms with E-state index in [1.54, 1.807) is 11.8 Å². The molecule has 2 aliphatic rings. The minimum atomic E-state index is 0.591. The Hall–Kier alpha value is -0.880. The number of hydrogen-bond acceptors (Lipinski definition) is 5. The fourth-order valence-corrected chi connectivity index (χ4v) is 2.52. The lowest BCUT2D eigenvalue weighted by Crippen LogP contribution is -2.16. The van der Waals surface area contributed by atoms with E-state index in [4.69, 9.17) is 5.73 Å². The van der Waals surface area contributed by atoms with Gasteiger partial charge in [0.25, 0.3) is 0 Å². The summed E-state index contributed by atoms with van der Waals surface area (Å²) in [6, 6.07) is 0. The van der Waals surface area contributed by atoms with E-state index in [1.165, 1.54) is 12.8 Å². The molecule has 1 aromatic rings. The highest BCUT2D eigenvalue weighted by Gasteiger charge is 2.31. The summed E-state index contributed by atoms with van der Waals surface area (Å²) in [5.41, 5.74) is 6.68. The highest BCUT2D eigenvalue weighted by atomic mass is 32.2. The second kappa shape index (κ2) is 3.61. The van der Waals surface area contributed by atoms with Gasteiger partial charge in [-0.05, 0) is 19.4 Å². The average molecular weight is 223 g/mol. The van der Waals surface area contributed by atoms with Crippen LogP contribution in [0.1, 0.15) is 31.0 Å². The predicted octanol–water partition coefficient (Wildman–Crippen LogP) is 0.814. The molecule has 5 nitrogen and oxygen atoms in total. The Kier molecular flexibility index (Phi) is 2.25. The zero-order valence-corrected chi connectivity index (χ0v) is 9.20. The molecule has 0 amide bonds. The highest BCUT2D eigenvalue weighted by Crippen LogP contribution is 2.40. The van der Waals surface area contributed by atoms with Crippen LogP contribution >= 0.6 is 11.8 Å². The molecule has 0 bridgehead atoms. The SMILES string of the molecule is NCCC1=Nn2c(nnc2C2CC2)SC1. The van der Waals surface area contributed by atoms with Gasteiger partial charge in [-0.15, -0.1) is 10.2 Å². The van der Waals surface area contributed by atoms with Crippen LogP contribution in [0.25, 0.3) is 0 Å². The molecule has 0 aromatic carbocycles. The molecule has 0 spiro atoms. The Morgan fingerprint density at radius 3 is 3.00 bits per heavy atom. The average Bonchev–Trinajstić information content (AvgIpc) is 3.00. The lowest BCUT2D eigenvalue weighted by Gasteiger charge is -2.12. The van der Waals surface area contributed by atoms with Crippen LogP contribution < -0.4 is 5.73 Å². The van der Waals surface area contributed by atoms with E-state index in [9.17, 15) is 0 Å². The highest BCUT2D eigenvalue weighted by molar-refractivity contribution is 7.99. The van der Waals surface area contributed by atoms with Crippen LogP contribution in [0, 0.1) is 0 Å². The summed E-state index contributed by atoms with van der Waals surface area (Å²) >= 11 is 1.71. The molecule has 1 aliphatic carbocycles. The molecule has 1 aliphatic heterocycles. The summed E-state index contributed by atoms with van der Waals surface area (Å²) in [4.78, 5) is 0. The maximum Gasteiger partial charge on any atom is 0.212 e. The molecular formula is C9H13N5S. The van der Waals surface area contributed by atoms with E-state index >= 15 is 0 Å². The first-order valence-corrected chi connectivity index (χ1v) is 6.22. The Labute approximate surface area is 92.1 Å². The van der Waals surface area contributed by atoms with Crippen LogP contribution in [0.2, 0.25) is 0 Å². The van der Waals surface area contributed by atoms with E-state index in [2.05, 4.69) is 15.3 Å². The molecule has 1 fully saturated rings. The third kappa shape index (κ3) is 1.68. The number of rotatable bonds is 3. The van der Waals surface area contributed by atoms with Gasteiger partial charge in [-0.2, -0.15) is 9.78 Å². The molecule has 0 radical (unpaired) electrons. The first-order valence-electron chi connectivity index (χ1n) is 5.23. The molecule has 3 rings (SSSR count). The Morgan fingerprint density at radius 1 is 1.40 bits per heavy atom. The summed E-state index contributed by atoms with van der Waals surface area (Å²) in [6.07, 6.45) is 3.32. The smallest absolute Gasteiger partial charge is 0.212 e. The molecule has 0 atom stereocenters. The van der Waals surface area contributed by atoms with Gasteiger partial charge in [0.05, 0.1) is 5.71 Å². The van der Waals surface area contributed by atoms with Gasteiger partial charge in [0.15, 0.2) is 5.82 Å². The maximum absolute atomic E-state index is 5.53. The lowest BCUT2D eigenvalue weighted by atomic mass is 10.3. The van der Waals surface area contributed by atoms with Crippen LogP contribution in [0.3, 0.4) is 0 Å². The van der Waals surface area contributed by atoms with Crippen molar-refractivity contribution in [1.82, 2.24) is 14.9 Å². The Bertz CT molecular complexity index is 407. The lowest BCUT2D eigenvalue weighted by molar-refractivity contribution is 0.704. The van der Waals surface area contributed by atoms with Crippen LogP contribution in [-0.2, 0) is 0 Å². The van der Waals surface area contributed by atoms with Crippen molar-refractivity contribution in [2.75, 3.05) is 12.3 Å². The van der Waals surface area contributed by atoms with Crippen molar-refractivity contribution in [1.29, 1.82) is 0 Å². The molecule has 15 heavy (non-hydrogen) atoms. The van der Waals surface area contributed by atoms with Crippen molar-refractivity contribution in [3.8, 4) is 0 Å². The van der Waals surface area contributed by atoms with Crippen LogP contribution in [0.15, 0.2) is 10.3 Å². The molecule has 0 saturated heterocycles. The summed E-state index contributed by atoms with van der Waals surface area (Å²) in [6.45, 7) is 0.662. The van der Waals surface area contributed by atoms with Crippen LogP contribution in [0.4, 0.5) is 0 Å². The van der Waals surface area contributed by atoms with E-state index in [-0.39, 0.29) is 0 Å². The van der Waals surface area contributed by atoms with Gasteiger partial charge in [0, 0.05) is 18.1 Å².